The second-order valence-corrected chi connectivity index (χ2v) is 5.73. The van der Waals surface area contributed by atoms with Gasteiger partial charge in [0.15, 0.2) is 0 Å². The number of nitrogens with one attached hydrogen (secondary N) is 1. The number of carbonyl (C=O) groups excluding carboxylic acids is 1. The van der Waals surface area contributed by atoms with Crippen LogP contribution in [0.4, 0.5) is 5.69 Å². The fourth-order valence-electron chi connectivity index (χ4n) is 3.25. The van der Waals surface area contributed by atoms with Gasteiger partial charge in [0.25, 0.3) is 0 Å². The Balaban J connectivity index is 1.88. The van der Waals surface area contributed by atoms with Crippen LogP contribution in [-0.4, -0.2) is 24.5 Å². The lowest BCUT2D eigenvalue weighted by Crippen LogP contribution is -2.52. The second kappa shape index (κ2) is 5.33. The number of rotatable bonds is 1. The third-order valence-electron chi connectivity index (χ3n) is 4.37. The maximum Gasteiger partial charge on any atom is 0.244 e. The maximum absolute atomic E-state index is 12.8. The summed E-state index contributed by atoms with van der Waals surface area (Å²) in [6, 6.07) is 8.66. The van der Waals surface area contributed by atoms with Crippen molar-refractivity contribution in [1.82, 2.24) is 5.32 Å². The third kappa shape index (κ3) is 2.39. The van der Waals surface area contributed by atoms with Crippen molar-refractivity contribution in [2.75, 3.05) is 11.4 Å². The van der Waals surface area contributed by atoms with Gasteiger partial charge < -0.3 is 10.2 Å². The van der Waals surface area contributed by atoms with Crippen LogP contribution in [0.1, 0.15) is 38.2 Å². The summed E-state index contributed by atoms with van der Waals surface area (Å²) < 4.78 is 0. The molecule has 0 radical (unpaired) electrons. The monoisotopic (exact) mass is 258 g/mol. The number of fused-ring (bicyclic) bond motifs is 1. The Hall–Kier alpha value is -1.35. The number of carbonyl (C=O) groups is 1. The molecular weight excluding hydrogens is 236 g/mol. The van der Waals surface area contributed by atoms with Crippen molar-refractivity contribution in [3.05, 3.63) is 29.8 Å². The molecule has 3 rings (SSSR count). The summed E-state index contributed by atoms with van der Waals surface area (Å²) >= 11 is 0. The van der Waals surface area contributed by atoms with Gasteiger partial charge in [-0.3, -0.25) is 4.79 Å². The van der Waals surface area contributed by atoms with E-state index in [9.17, 15) is 4.79 Å². The van der Waals surface area contributed by atoms with Crippen LogP contribution in [0.5, 0.6) is 0 Å². The van der Waals surface area contributed by atoms with Crippen molar-refractivity contribution in [2.45, 2.75) is 51.1 Å². The molecule has 0 spiro atoms. The molecular formula is C16H22N2O. The Morgan fingerprint density at radius 3 is 2.89 bits per heavy atom. The standard InChI is InChI=1S/C16H22N2O/c1-12-9-10-13-6-2-3-8-15(13)18(12)16(19)14-7-4-5-11-17-14/h2-3,6,8,12,14,17H,4-5,7,9-11H2,1H3. The lowest BCUT2D eigenvalue weighted by atomic mass is 9.94. The van der Waals surface area contributed by atoms with Gasteiger partial charge in [-0.1, -0.05) is 24.6 Å². The number of hydrogen-bond acceptors (Lipinski definition) is 2. The number of piperidine rings is 1. The number of anilines is 1. The number of para-hydroxylation sites is 1. The Morgan fingerprint density at radius 2 is 2.11 bits per heavy atom. The van der Waals surface area contributed by atoms with Crippen LogP contribution in [0.3, 0.4) is 0 Å². The predicted molar refractivity (Wildman–Crippen MR) is 77.4 cm³/mol. The van der Waals surface area contributed by atoms with Crippen molar-refractivity contribution in [1.29, 1.82) is 0 Å². The van der Waals surface area contributed by atoms with E-state index in [1.807, 2.05) is 11.0 Å². The Bertz CT molecular complexity index is 466. The number of aryl methyl sites for hydroxylation is 1. The van der Waals surface area contributed by atoms with Gasteiger partial charge in [-0.2, -0.15) is 0 Å². The summed E-state index contributed by atoms with van der Waals surface area (Å²) in [4.78, 5) is 14.8. The molecule has 3 nitrogen and oxygen atoms in total. The molecule has 3 heteroatoms. The molecule has 2 heterocycles. The van der Waals surface area contributed by atoms with Crippen LogP contribution in [0.15, 0.2) is 24.3 Å². The molecule has 0 aliphatic carbocycles. The van der Waals surface area contributed by atoms with Gasteiger partial charge in [0.05, 0.1) is 6.04 Å². The topological polar surface area (TPSA) is 32.3 Å². The molecule has 2 aliphatic heterocycles. The normalized spacial score (nSPS) is 26.9. The minimum Gasteiger partial charge on any atom is -0.308 e. The van der Waals surface area contributed by atoms with E-state index in [2.05, 4.69) is 30.4 Å². The van der Waals surface area contributed by atoms with Crippen molar-refractivity contribution >= 4 is 11.6 Å². The van der Waals surface area contributed by atoms with Crippen molar-refractivity contribution in [2.24, 2.45) is 0 Å². The number of nitrogens with zero attached hydrogens (tertiary/aromatic N) is 1. The van der Waals surface area contributed by atoms with Gasteiger partial charge in [0, 0.05) is 11.7 Å². The lowest BCUT2D eigenvalue weighted by Gasteiger charge is -2.38. The molecule has 1 N–H and O–H groups in total. The summed E-state index contributed by atoms with van der Waals surface area (Å²) in [6.07, 6.45) is 5.47. The van der Waals surface area contributed by atoms with Gasteiger partial charge in [-0.25, -0.2) is 0 Å². The largest absolute Gasteiger partial charge is 0.308 e. The molecule has 0 bridgehead atoms. The number of hydrogen-bond donors (Lipinski definition) is 1. The van der Waals surface area contributed by atoms with Crippen LogP contribution in [-0.2, 0) is 11.2 Å². The van der Waals surface area contributed by atoms with E-state index in [0.29, 0.717) is 6.04 Å². The van der Waals surface area contributed by atoms with Crippen molar-refractivity contribution in [3.8, 4) is 0 Å². The average Bonchev–Trinajstić information content (AvgIpc) is 2.47. The molecule has 2 atom stereocenters. The van der Waals surface area contributed by atoms with Crippen LogP contribution < -0.4 is 10.2 Å². The third-order valence-corrected chi connectivity index (χ3v) is 4.37. The maximum atomic E-state index is 12.8. The van der Waals surface area contributed by atoms with E-state index in [1.165, 1.54) is 12.0 Å². The second-order valence-electron chi connectivity index (χ2n) is 5.73. The summed E-state index contributed by atoms with van der Waals surface area (Å²) in [5, 5.41) is 3.38. The highest BCUT2D eigenvalue weighted by molar-refractivity contribution is 5.98. The zero-order valence-electron chi connectivity index (χ0n) is 11.6. The molecule has 1 saturated heterocycles. The first-order chi connectivity index (χ1) is 9.27. The summed E-state index contributed by atoms with van der Waals surface area (Å²) in [5.41, 5.74) is 2.43. The molecule has 2 aliphatic rings. The minimum atomic E-state index is 0.0161. The van der Waals surface area contributed by atoms with Gasteiger partial charge in [-0.05, 0) is 50.8 Å². The van der Waals surface area contributed by atoms with Crippen LogP contribution in [0, 0.1) is 0 Å². The van der Waals surface area contributed by atoms with Gasteiger partial charge in [0.2, 0.25) is 5.91 Å². The quantitative estimate of drug-likeness (QED) is 0.839. The van der Waals surface area contributed by atoms with Gasteiger partial charge >= 0.3 is 0 Å². The van der Waals surface area contributed by atoms with Gasteiger partial charge in [-0.15, -0.1) is 0 Å². The Kier molecular flexibility index (Phi) is 3.56. The fraction of sp³-hybridized carbons (Fsp3) is 0.562. The first-order valence-corrected chi connectivity index (χ1v) is 7.42. The van der Waals surface area contributed by atoms with Crippen LogP contribution in [0.2, 0.25) is 0 Å². The van der Waals surface area contributed by atoms with E-state index in [4.69, 9.17) is 0 Å². The molecule has 19 heavy (non-hydrogen) atoms. The zero-order valence-corrected chi connectivity index (χ0v) is 11.6. The van der Waals surface area contributed by atoms with Crippen molar-refractivity contribution < 1.29 is 4.79 Å². The zero-order chi connectivity index (χ0) is 13.2. The molecule has 0 aromatic heterocycles. The minimum absolute atomic E-state index is 0.0161. The number of benzene rings is 1. The smallest absolute Gasteiger partial charge is 0.244 e. The molecule has 1 amide bonds. The Morgan fingerprint density at radius 1 is 1.26 bits per heavy atom. The molecule has 1 fully saturated rings. The number of amides is 1. The summed E-state index contributed by atoms with van der Waals surface area (Å²) in [7, 11) is 0. The Labute approximate surface area is 115 Å². The molecule has 1 aromatic carbocycles. The lowest BCUT2D eigenvalue weighted by molar-refractivity contribution is -0.121. The highest BCUT2D eigenvalue weighted by atomic mass is 16.2. The first kappa shape index (κ1) is 12.7. The van der Waals surface area contributed by atoms with Gasteiger partial charge in [0.1, 0.15) is 0 Å². The van der Waals surface area contributed by atoms with E-state index in [1.54, 1.807) is 0 Å². The predicted octanol–water partition coefficient (Wildman–Crippen LogP) is 2.50. The molecule has 102 valence electrons. The van der Waals surface area contributed by atoms with E-state index in [-0.39, 0.29) is 11.9 Å². The van der Waals surface area contributed by atoms with E-state index >= 15 is 0 Å². The first-order valence-electron chi connectivity index (χ1n) is 7.42. The highest BCUT2D eigenvalue weighted by Crippen LogP contribution is 2.31. The van der Waals surface area contributed by atoms with E-state index in [0.717, 1.165) is 37.9 Å². The highest BCUT2D eigenvalue weighted by Gasteiger charge is 2.32. The van der Waals surface area contributed by atoms with E-state index < -0.39 is 0 Å². The SMILES string of the molecule is CC1CCc2ccccc2N1C(=O)C1CCCCN1. The summed E-state index contributed by atoms with van der Waals surface area (Å²) in [6.45, 7) is 3.14. The molecule has 1 aromatic rings. The fourth-order valence-corrected chi connectivity index (χ4v) is 3.25. The molecule has 0 saturated carbocycles. The van der Waals surface area contributed by atoms with Crippen LogP contribution in [0.25, 0.3) is 0 Å². The van der Waals surface area contributed by atoms with Crippen molar-refractivity contribution in [3.63, 3.8) is 0 Å². The average molecular weight is 258 g/mol. The summed E-state index contributed by atoms with van der Waals surface area (Å²) in [5.74, 6) is 0.263. The molecule has 2 unspecified atom stereocenters. The van der Waals surface area contributed by atoms with Crippen LogP contribution >= 0.6 is 0 Å².